The number of nitrogens with zero attached hydrogens (tertiary/aromatic N) is 5. The molecule has 0 atom stereocenters. The van der Waals surface area contributed by atoms with E-state index in [4.69, 9.17) is 19.1 Å². The Balaban J connectivity index is 1.17. The molecule has 1 fully saturated rings. The van der Waals surface area contributed by atoms with Gasteiger partial charge in [0.1, 0.15) is 21.1 Å². The van der Waals surface area contributed by atoms with E-state index in [1.807, 2.05) is 60.8 Å². The Labute approximate surface area is 242 Å². The number of fused-ring (bicyclic) bond motifs is 1. The Bertz CT molecular complexity index is 1640. The molecule has 3 aromatic heterocycles. The first-order valence-electron chi connectivity index (χ1n) is 13.7. The van der Waals surface area contributed by atoms with Crippen molar-refractivity contribution in [3.05, 3.63) is 83.9 Å². The topological polar surface area (TPSA) is 96.6 Å². The highest BCUT2D eigenvalue weighted by molar-refractivity contribution is 7.21. The Morgan fingerprint density at radius 2 is 1.78 bits per heavy atom. The molecule has 5 aromatic rings. The largest absolute Gasteiger partial charge is 0.441 e. The molecule has 0 radical (unpaired) electrons. The lowest BCUT2D eigenvalue weighted by Gasteiger charge is -2.34. The summed E-state index contributed by atoms with van der Waals surface area (Å²) in [5, 5.41) is 3.82. The Kier molecular flexibility index (Phi) is 8.15. The Morgan fingerprint density at radius 1 is 1.02 bits per heavy atom. The van der Waals surface area contributed by atoms with Gasteiger partial charge < -0.3 is 14.5 Å². The zero-order chi connectivity index (χ0) is 28.2. The molecule has 0 bridgehead atoms. The number of aryl methyl sites for hydroxylation is 1. The van der Waals surface area contributed by atoms with Gasteiger partial charge in [-0.15, -0.1) is 0 Å². The molecule has 1 aliphatic heterocycles. The van der Waals surface area contributed by atoms with E-state index in [0.717, 1.165) is 77.9 Å². The fraction of sp³-hybridized carbons (Fsp3) is 0.290. The van der Waals surface area contributed by atoms with Gasteiger partial charge in [-0.2, -0.15) is 0 Å². The number of ether oxygens (including phenoxy) is 1. The van der Waals surface area contributed by atoms with Crippen LogP contribution < -0.4 is 5.32 Å². The maximum Gasteiger partial charge on any atom is 0.277 e. The van der Waals surface area contributed by atoms with Crippen molar-refractivity contribution in [2.24, 2.45) is 0 Å². The summed E-state index contributed by atoms with van der Waals surface area (Å²) in [5.74, 6) is 0.555. The van der Waals surface area contributed by atoms with Crippen LogP contribution in [0.3, 0.4) is 0 Å². The Hall–Kier alpha value is -3.96. The number of hydrogen-bond donors (Lipinski definition) is 1. The van der Waals surface area contributed by atoms with Gasteiger partial charge in [-0.3, -0.25) is 14.6 Å². The van der Waals surface area contributed by atoms with Crippen LogP contribution in [-0.2, 0) is 11.3 Å². The molecule has 6 rings (SSSR count). The van der Waals surface area contributed by atoms with Gasteiger partial charge in [-0.05, 0) is 42.8 Å². The monoisotopic (exact) mass is 568 g/mol. The van der Waals surface area contributed by atoms with Crippen LogP contribution >= 0.6 is 11.3 Å². The molecule has 0 aliphatic carbocycles. The quantitative estimate of drug-likeness (QED) is 0.255. The predicted octanol–water partition coefficient (Wildman–Crippen LogP) is 5.34. The van der Waals surface area contributed by atoms with Crippen LogP contribution in [0.15, 0.2) is 71.3 Å². The summed E-state index contributed by atoms with van der Waals surface area (Å²) in [4.78, 5) is 33.1. The maximum atomic E-state index is 13.3. The van der Waals surface area contributed by atoms with Crippen molar-refractivity contribution >= 4 is 33.3 Å². The fourth-order valence-corrected chi connectivity index (χ4v) is 5.92. The van der Waals surface area contributed by atoms with Crippen molar-refractivity contribution < 1.29 is 13.9 Å². The second kappa shape index (κ2) is 12.3. The number of para-hydroxylation sites is 1. The summed E-state index contributed by atoms with van der Waals surface area (Å²) >= 11 is 1.51. The van der Waals surface area contributed by atoms with Gasteiger partial charge >= 0.3 is 0 Å². The molecule has 9 nitrogen and oxygen atoms in total. The van der Waals surface area contributed by atoms with E-state index in [-0.39, 0.29) is 11.6 Å². The third-order valence-electron chi connectivity index (χ3n) is 7.23. The molecule has 10 heteroatoms. The van der Waals surface area contributed by atoms with E-state index in [1.165, 1.54) is 11.3 Å². The average Bonchev–Trinajstić information content (AvgIpc) is 3.61. The van der Waals surface area contributed by atoms with Crippen LogP contribution in [-0.4, -0.2) is 77.1 Å². The van der Waals surface area contributed by atoms with E-state index in [2.05, 4.69) is 26.2 Å². The minimum Gasteiger partial charge on any atom is -0.441 e. The molecular weight excluding hydrogens is 536 g/mol. The second-order valence-electron chi connectivity index (χ2n) is 10.1. The summed E-state index contributed by atoms with van der Waals surface area (Å²) in [6.07, 6.45) is 1.95. The van der Waals surface area contributed by atoms with E-state index in [9.17, 15) is 4.79 Å². The van der Waals surface area contributed by atoms with E-state index >= 15 is 0 Å². The molecule has 0 saturated carbocycles. The molecule has 1 N–H and O–H groups in total. The molecular formula is C31H32N6O3S. The van der Waals surface area contributed by atoms with Gasteiger partial charge in [-0.25, -0.2) is 15.0 Å². The highest BCUT2D eigenvalue weighted by Gasteiger charge is 2.21. The highest BCUT2D eigenvalue weighted by atomic mass is 32.1. The first-order valence-corrected chi connectivity index (χ1v) is 14.5. The molecule has 0 unspecified atom stereocenters. The number of methoxy groups -OCH3 is 1. The normalized spacial score (nSPS) is 14.5. The third-order valence-corrected chi connectivity index (χ3v) is 8.24. The van der Waals surface area contributed by atoms with E-state index < -0.39 is 0 Å². The fourth-order valence-electron chi connectivity index (χ4n) is 4.99. The van der Waals surface area contributed by atoms with Crippen molar-refractivity contribution in [1.82, 2.24) is 24.8 Å². The SMILES string of the molecule is COCCN1CCN(Cc2cnc3sc(-c4ccccc4NC(=O)c4nc(-c5ccccc5)oc4C)nc3c2)CC1. The molecule has 0 spiro atoms. The summed E-state index contributed by atoms with van der Waals surface area (Å²) in [5.41, 5.74) is 4.59. The molecule has 41 heavy (non-hydrogen) atoms. The number of piperazine rings is 1. The number of aromatic nitrogens is 3. The van der Waals surface area contributed by atoms with Crippen LogP contribution in [0, 0.1) is 6.92 Å². The van der Waals surface area contributed by atoms with Crippen LogP contribution in [0.4, 0.5) is 5.69 Å². The summed E-state index contributed by atoms with van der Waals surface area (Å²) < 4.78 is 11.0. The standard InChI is InChI=1S/C31H32N6O3S/c1-21-27(35-29(40-21)23-8-4-3-5-9-23)28(38)33-25-11-7-6-10-24(25)30-34-26-18-22(19-32-31(26)41-30)20-37-14-12-36(13-15-37)16-17-39-2/h3-11,18-19H,12-17,20H2,1-2H3,(H,33,38). The lowest BCUT2D eigenvalue weighted by molar-refractivity contribution is 0.0938. The van der Waals surface area contributed by atoms with Crippen molar-refractivity contribution in [3.8, 4) is 22.0 Å². The number of nitrogens with one attached hydrogen (secondary N) is 1. The summed E-state index contributed by atoms with van der Waals surface area (Å²) in [6.45, 7) is 8.49. The number of anilines is 1. The third kappa shape index (κ3) is 6.20. The molecule has 4 heterocycles. The van der Waals surface area contributed by atoms with Crippen LogP contribution in [0.25, 0.3) is 32.4 Å². The number of carbonyl (C=O) groups excluding carboxylic acids is 1. The van der Waals surface area contributed by atoms with Crippen molar-refractivity contribution in [3.63, 3.8) is 0 Å². The number of rotatable bonds is 9. The number of amides is 1. The van der Waals surface area contributed by atoms with Crippen molar-refractivity contribution in [2.45, 2.75) is 13.5 Å². The predicted molar refractivity (Wildman–Crippen MR) is 161 cm³/mol. The second-order valence-corrected chi connectivity index (χ2v) is 11.1. The van der Waals surface area contributed by atoms with Crippen molar-refractivity contribution in [2.75, 3.05) is 51.8 Å². The maximum absolute atomic E-state index is 13.3. The average molecular weight is 569 g/mol. The zero-order valence-corrected chi connectivity index (χ0v) is 24.0. The van der Waals surface area contributed by atoms with Gasteiger partial charge in [0.2, 0.25) is 5.89 Å². The lowest BCUT2D eigenvalue weighted by atomic mass is 10.1. The number of pyridine rings is 1. The molecule has 2 aromatic carbocycles. The van der Waals surface area contributed by atoms with Crippen molar-refractivity contribution in [1.29, 1.82) is 0 Å². The van der Waals surface area contributed by atoms with Gasteiger partial charge in [-0.1, -0.05) is 41.7 Å². The molecule has 1 saturated heterocycles. The number of thiazole rings is 1. The smallest absolute Gasteiger partial charge is 0.277 e. The van der Waals surface area contributed by atoms with E-state index in [0.29, 0.717) is 17.3 Å². The minimum absolute atomic E-state index is 0.258. The molecule has 1 aliphatic rings. The van der Waals surface area contributed by atoms with Gasteiger partial charge in [0.15, 0.2) is 5.69 Å². The van der Waals surface area contributed by atoms with Gasteiger partial charge in [0.05, 0.1) is 12.3 Å². The number of oxazole rings is 1. The van der Waals surface area contributed by atoms with Gasteiger partial charge in [0, 0.05) is 63.7 Å². The Morgan fingerprint density at radius 3 is 2.59 bits per heavy atom. The molecule has 1 amide bonds. The summed E-state index contributed by atoms with van der Waals surface area (Å²) in [6, 6.07) is 19.3. The zero-order valence-electron chi connectivity index (χ0n) is 23.2. The number of carbonyl (C=O) groups is 1. The minimum atomic E-state index is -0.329. The number of hydrogen-bond acceptors (Lipinski definition) is 9. The highest BCUT2D eigenvalue weighted by Crippen LogP contribution is 2.34. The first-order chi connectivity index (χ1) is 20.1. The van der Waals surface area contributed by atoms with Crippen LogP contribution in [0.2, 0.25) is 0 Å². The van der Waals surface area contributed by atoms with E-state index in [1.54, 1.807) is 14.0 Å². The summed E-state index contributed by atoms with van der Waals surface area (Å²) in [7, 11) is 1.75. The van der Waals surface area contributed by atoms with Crippen LogP contribution in [0.1, 0.15) is 21.8 Å². The van der Waals surface area contributed by atoms with Gasteiger partial charge in [0.25, 0.3) is 5.91 Å². The number of benzene rings is 2. The van der Waals surface area contributed by atoms with Crippen LogP contribution in [0.5, 0.6) is 0 Å². The molecule has 210 valence electrons. The lowest BCUT2D eigenvalue weighted by Crippen LogP contribution is -2.46. The first kappa shape index (κ1) is 27.2.